The van der Waals surface area contributed by atoms with Gasteiger partial charge in [-0.1, -0.05) is 0 Å². The molecule has 0 fully saturated rings. The quantitative estimate of drug-likeness (QED) is 0.547. The Kier molecular flexibility index (Phi) is 5.31. The number of nitrogens with zero attached hydrogens (tertiary/aromatic N) is 2. The van der Waals surface area contributed by atoms with Gasteiger partial charge in [0.1, 0.15) is 0 Å². The third kappa shape index (κ3) is 3.73. The number of rotatable bonds is 6. The summed E-state index contributed by atoms with van der Waals surface area (Å²) in [7, 11) is 0. The van der Waals surface area contributed by atoms with E-state index in [9.17, 15) is 4.79 Å². The Labute approximate surface area is 131 Å². The molecule has 2 aromatic heterocycles. The van der Waals surface area contributed by atoms with E-state index < -0.39 is 5.97 Å². The molecule has 0 saturated heterocycles. The molecule has 0 unspecified atom stereocenters. The lowest BCUT2D eigenvalue weighted by atomic mass is 10.3. The summed E-state index contributed by atoms with van der Waals surface area (Å²) in [6.07, 6.45) is 4.69. The van der Waals surface area contributed by atoms with Crippen LogP contribution in [0.25, 0.3) is 10.2 Å². The second-order valence-corrected chi connectivity index (χ2v) is 5.15. The summed E-state index contributed by atoms with van der Waals surface area (Å²) < 4.78 is 5.74. The molecule has 2 rings (SSSR count). The number of anilines is 1. The minimum Gasteiger partial charge on any atom is -0.461 e. The summed E-state index contributed by atoms with van der Waals surface area (Å²) in [5, 5.41) is 4.83. The largest absolute Gasteiger partial charge is 0.461 e. The zero-order chi connectivity index (χ0) is 15.9. The molecule has 0 bridgehead atoms. The summed E-state index contributed by atoms with van der Waals surface area (Å²) in [4.78, 5) is 20.6. The number of hydrogen-bond donors (Lipinski definition) is 3. The molecular weight excluding hydrogens is 302 g/mol. The van der Waals surface area contributed by atoms with Gasteiger partial charge in [0.15, 0.2) is 5.69 Å². The van der Waals surface area contributed by atoms with Crippen molar-refractivity contribution in [2.45, 2.75) is 6.92 Å². The van der Waals surface area contributed by atoms with Gasteiger partial charge in [-0.2, -0.15) is 0 Å². The number of thiophene rings is 1. The van der Waals surface area contributed by atoms with E-state index in [-0.39, 0.29) is 5.69 Å². The van der Waals surface area contributed by atoms with Crippen molar-refractivity contribution < 1.29 is 9.53 Å². The Hall–Kier alpha value is -2.61. The number of nitrogens with one attached hydrogen (secondary N) is 1. The zero-order valence-corrected chi connectivity index (χ0v) is 12.9. The first-order valence-corrected chi connectivity index (χ1v) is 7.52. The number of ether oxygens (including phenoxy) is 1. The van der Waals surface area contributed by atoms with Crippen molar-refractivity contribution in [1.82, 2.24) is 9.97 Å². The van der Waals surface area contributed by atoms with E-state index in [1.165, 1.54) is 17.5 Å². The predicted molar refractivity (Wildman–Crippen MR) is 87.5 cm³/mol. The molecule has 7 nitrogen and oxygen atoms in total. The van der Waals surface area contributed by atoms with Gasteiger partial charge in [-0.25, -0.2) is 14.8 Å². The predicted octanol–water partition coefficient (Wildman–Crippen LogP) is 1.59. The van der Waals surface area contributed by atoms with Crippen LogP contribution in [0.5, 0.6) is 0 Å². The van der Waals surface area contributed by atoms with Crippen molar-refractivity contribution in [2.75, 3.05) is 18.5 Å². The maximum absolute atomic E-state index is 12.0. The molecule has 0 aliphatic heterocycles. The minimum absolute atomic E-state index is 0.258. The van der Waals surface area contributed by atoms with E-state index >= 15 is 0 Å². The van der Waals surface area contributed by atoms with Crippen molar-refractivity contribution >= 4 is 33.5 Å². The Morgan fingerprint density at radius 3 is 3.05 bits per heavy atom. The van der Waals surface area contributed by atoms with Crippen molar-refractivity contribution in [3.8, 4) is 0 Å². The van der Waals surface area contributed by atoms with Crippen LogP contribution in [0.3, 0.4) is 0 Å². The molecule has 8 heteroatoms. The number of carbonyl (C=O) groups excluding carboxylic acids is 1. The lowest BCUT2D eigenvalue weighted by molar-refractivity contribution is 0.0522. The highest BCUT2D eigenvalue weighted by atomic mass is 32.1. The van der Waals surface area contributed by atoms with Gasteiger partial charge in [-0.05, 0) is 36.7 Å². The van der Waals surface area contributed by atoms with Crippen LogP contribution in [0.1, 0.15) is 17.4 Å². The van der Waals surface area contributed by atoms with Crippen LogP contribution < -0.4 is 16.8 Å². The molecule has 0 aliphatic carbocycles. The molecule has 0 radical (unpaired) electrons. The second-order valence-electron chi connectivity index (χ2n) is 4.23. The average molecular weight is 319 g/mol. The Morgan fingerprint density at radius 2 is 2.32 bits per heavy atom. The van der Waals surface area contributed by atoms with Gasteiger partial charge >= 0.3 is 5.97 Å². The molecule has 5 N–H and O–H groups in total. The van der Waals surface area contributed by atoms with Gasteiger partial charge in [-0.3, -0.25) is 0 Å². The van der Waals surface area contributed by atoms with Crippen molar-refractivity contribution in [2.24, 2.45) is 11.5 Å². The normalized spacial score (nSPS) is 12.0. The maximum atomic E-state index is 12.0. The standard InChI is InChI=1S/C14H17N5O2S/c1-2-21-13(20)11-12-10(5-7-22-12)18-14(19-11)17-8-9(16)4-3-6-15/h3-7H,2,8,15-16H2,1H3,(H,17,18,19)/b6-3-,9-4-. The first kappa shape index (κ1) is 15.8. The smallest absolute Gasteiger partial charge is 0.358 e. The van der Waals surface area contributed by atoms with Crippen LogP contribution >= 0.6 is 11.3 Å². The molecule has 0 saturated carbocycles. The van der Waals surface area contributed by atoms with E-state index in [0.717, 1.165) is 0 Å². The molecule has 0 aliphatic rings. The number of carbonyl (C=O) groups is 1. The summed E-state index contributed by atoms with van der Waals surface area (Å²) in [6, 6.07) is 1.83. The molecule has 22 heavy (non-hydrogen) atoms. The van der Waals surface area contributed by atoms with Crippen LogP contribution in [0, 0.1) is 0 Å². The van der Waals surface area contributed by atoms with Crippen LogP contribution in [-0.4, -0.2) is 29.1 Å². The van der Waals surface area contributed by atoms with Gasteiger partial charge < -0.3 is 21.5 Å². The molecular formula is C14H17N5O2S. The summed E-state index contributed by atoms with van der Waals surface area (Å²) in [5.74, 6) is -0.142. The van der Waals surface area contributed by atoms with E-state index in [1.807, 2.05) is 11.4 Å². The first-order chi connectivity index (χ1) is 10.7. The SMILES string of the molecule is CCOC(=O)c1nc(NC/C(N)=C/C=C\N)nc2ccsc12. The van der Waals surface area contributed by atoms with Crippen LogP contribution in [0.4, 0.5) is 5.95 Å². The van der Waals surface area contributed by atoms with Gasteiger partial charge in [0.05, 0.1) is 23.4 Å². The van der Waals surface area contributed by atoms with Crippen molar-refractivity contribution in [3.63, 3.8) is 0 Å². The fourth-order valence-corrected chi connectivity index (χ4v) is 2.51. The number of esters is 1. The third-order valence-electron chi connectivity index (χ3n) is 2.64. The van der Waals surface area contributed by atoms with E-state index in [0.29, 0.717) is 35.0 Å². The number of fused-ring (bicyclic) bond motifs is 1. The highest BCUT2D eigenvalue weighted by Gasteiger charge is 2.17. The Morgan fingerprint density at radius 1 is 1.50 bits per heavy atom. The lowest BCUT2D eigenvalue weighted by Gasteiger charge is -2.07. The van der Waals surface area contributed by atoms with E-state index in [4.69, 9.17) is 16.2 Å². The topological polar surface area (TPSA) is 116 Å². The summed E-state index contributed by atoms with van der Waals surface area (Å²) in [6.45, 7) is 2.38. The molecule has 0 atom stereocenters. The highest BCUT2D eigenvalue weighted by molar-refractivity contribution is 7.17. The van der Waals surface area contributed by atoms with Gasteiger partial charge in [-0.15, -0.1) is 11.3 Å². The summed E-state index contributed by atoms with van der Waals surface area (Å²) in [5.41, 5.74) is 12.5. The molecule has 0 aromatic carbocycles. The number of hydrogen-bond acceptors (Lipinski definition) is 8. The van der Waals surface area contributed by atoms with Gasteiger partial charge in [0, 0.05) is 5.70 Å². The third-order valence-corrected chi connectivity index (χ3v) is 3.55. The molecule has 0 amide bonds. The van der Waals surface area contributed by atoms with E-state index in [1.54, 1.807) is 19.1 Å². The minimum atomic E-state index is -0.463. The number of aromatic nitrogens is 2. The fraction of sp³-hybridized carbons (Fsp3) is 0.214. The zero-order valence-electron chi connectivity index (χ0n) is 12.1. The number of allylic oxidation sites excluding steroid dienone is 2. The van der Waals surface area contributed by atoms with Crippen molar-refractivity contribution in [1.29, 1.82) is 0 Å². The molecule has 2 aromatic rings. The average Bonchev–Trinajstić information content (AvgIpc) is 2.98. The monoisotopic (exact) mass is 319 g/mol. The summed E-state index contributed by atoms with van der Waals surface area (Å²) >= 11 is 1.40. The Bertz CT molecular complexity index is 723. The van der Waals surface area contributed by atoms with Gasteiger partial charge in [0.25, 0.3) is 0 Å². The lowest BCUT2D eigenvalue weighted by Crippen LogP contribution is -2.15. The second kappa shape index (κ2) is 7.41. The number of nitrogens with two attached hydrogens (primary N) is 2. The first-order valence-electron chi connectivity index (χ1n) is 6.64. The molecule has 2 heterocycles. The maximum Gasteiger partial charge on any atom is 0.358 e. The molecule has 0 spiro atoms. The molecule has 116 valence electrons. The van der Waals surface area contributed by atoms with Gasteiger partial charge in [0.2, 0.25) is 5.95 Å². The van der Waals surface area contributed by atoms with Crippen LogP contribution in [0.2, 0.25) is 0 Å². The Balaban J connectivity index is 2.25. The van der Waals surface area contributed by atoms with Crippen LogP contribution in [-0.2, 0) is 4.74 Å². The van der Waals surface area contributed by atoms with Crippen LogP contribution in [0.15, 0.2) is 35.5 Å². The van der Waals surface area contributed by atoms with Crippen molar-refractivity contribution in [3.05, 3.63) is 41.2 Å². The highest BCUT2D eigenvalue weighted by Crippen LogP contribution is 2.24. The van der Waals surface area contributed by atoms with E-state index in [2.05, 4.69) is 15.3 Å². The fourth-order valence-electron chi connectivity index (χ4n) is 1.70.